The predicted octanol–water partition coefficient (Wildman–Crippen LogP) is 10.8. The zero-order valence-electron chi connectivity index (χ0n) is 21.8. The maximum absolute atomic E-state index is 4.01. The van der Waals surface area contributed by atoms with Crippen LogP contribution in [0.25, 0.3) is 0 Å². The lowest BCUT2D eigenvalue weighted by Gasteiger charge is -2.03. The summed E-state index contributed by atoms with van der Waals surface area (Å²) in [7, 11) is 0. The van der Waals surface area contributed by atoms with Gasteiger partial charge in [0.15, 0.2) is 0 Å². The molecule has 0 aliphatic heterocycles. The zero-order valence-corrected chi connectivity index (χ0v) is 21.8. The van der Waals surface area contributed by atoms with Crippen LogP contribution in [0.3, 0.4) is 0 Å². The van der Waals surface area contributed by atoms with Crippen molar-refractivity contribution in [2.24, 2.45) is 0 Å². The van der Waals surface area contributed by atoms with Crippen molar-refractivity contribution in [3.05, 3.63) is 82.5 Å². The highest BCUT2D eigenvalue weighted by Gasteiger charge is 1.95. The molecule has 0 atom stereocenters. The van der Waals surface area contributed by atoms with Crippen LogP contribution in [0.2, 0.25) is 0 Å². The van der Waals surface area contributed by atoms with Gasteiger partial charge in [0.05, 0.1) is 0 Å². The van der Waals surface area contributed by atoms with Gasteiger partial charge in [-0.25, -0.2) is 0 Å². The third kappa shape index (κ3) is 19.9. The SMILES string of the molecule is C=C/C(=C\CCC=C(C)CC/C=C(\C)CCC=C(C)C)CCC=C(C)CCC=C(C)C. The average molecular weight is 423 g/mol. The minimum atomic E-state index is 1.10. The highest BCUT2D eigenvalue weighted by atomic mass is 14.0. The lowest BCUT2D eigenvalue weighted by molar-refractivity contribution is 0.902. The smallest absolute Gasteiger partial charge is 0.0247 e. The molecule has 0 rings (SSSR count). The molecule has 0 amide bonds. The van der Waals surface area contributed by atoms with Gasteiger partial charge in [-0.15, -0.1) is 0 Å². The van der Waals surface area contributed by atoms with Gasteiger partial charge in [-0.3, -0.25) is 0 Å². The summed E-state index contributed by atoms with van der Waals surface area (Å²) in [4.78, 5) is 0. The molecular weight excluding hydrogens is 372 g/mol. The maximum Gasteiger partial charge on any atom is -0.0247 e. The Labute approximate surface area is 195 Å². The van der Waals surface area contributed by atoms with E-state index >= 15 is 0 Å². The molecule has 0 fully saturated rings. The molecule has 0 aliphatic rings. The third-order valence-electron chi connectivity index (χ3n) is 5.47. The van der Waals surface area contributed by atoms with Crippen molar-refractivity contribution < 1.29 is 0 Å². The van der Waals surface area contributed by atoms with Crippen molar-refractivity contribution in [2.45, 2.75) is 113 Å². The minimum absolute atomic E-state index is 1.10. The normalized spacial score (nSPS) is 13.3. The third-order valence-corrected chi connectivity index (χ3v) is 5.47. The zero-order chi connectivity index (χ0) is 23.5. The van der Waals surface area contributed by atoms with Crippen LogP contribution >= 0.6 is 0 Å². The molecule has 0 radical (unpaired) electrons. The van der Waals surface area contributed by atoms with Crippen LogP contribution in [0.4, 0.5) is 0 Å². The molecule has 0 aromatic carbocycles. The fraction of sp³-hybridized carbons (Fsp3) is 0.548. The first kappa shape index (κ1) is 29.2. The van der Waals surface area contributed by atoms with Gasteiger partial charge >= 0.3 is 0 Å². The number of rotatable bonds is 16. The monoisotopic (exact) mass is 422 g/mol. The van der Waals surface area contributed by atoms with E-state index in [-0.39, 0.29) is 0 Å². The fourth-order valence-electron chi connectivity index (χ4n) is 3.40. The first-order valence-electron chi connectivity index (χ1n) is 12.3. The number of hydrogen-bond acceptors (Lipinski definition) is 0. The number of hydrogen-bond donors (Lipinski definition) is 0. The Morgan fingerprint density at radius 2 is 0.806 bits per heavy atom. The van der Waals surface area contributed by atoms with Crippen LogP contribution in [-0.4, -0.2) is 0 Å². The van der Waals surface area contributed by atoms with Crippen LogP contribution in [0.1, 0.15) is 113 Å². The standard InChI is InChI=1S/C31H50/c1-9-31(25-15-23-30(8)20-13-17-27(4)5)24-11-10-18-28(6)21-14-22-29(7)19-12-16-26(2)3/h9,16-18,22-24H,1,10-15,19-21,25H2,2-8H3/b28-18?,29-22+,30-23?,31-24+. The maximum atomic E-state index is 4.01. The van der Waals surface area contributed by atoms with Gasteiger partial charge in [0, 0.05) is 0 Å². The largest absolute Gasteiger partial charge is 0.0988 e. The van der Waals surface area contributed by atoms with Crippen molar-refractivity contribution >= 4 is 0 Å². The van der Waals surface area contributed by atoms with E-state index in [1.54, 1.807) is 0 Å². The first-order valence-corrected chi connectivity index (χ1v) is 12.3. The lowest BCUT2D eigenvalue weighted by Crippen LogP contribution is -1.83. The van der Waals surface area contributed by atoms with E-state index in [1.807, 2.05) is 6.08 Å². The molecular formula is C31H50. The van der Waals surface area contributed by atoms with E-state index in [1.165, 1.54) is 59.1 Å². The van der Waals surface area contributed by atoms with Crippen molar-refractivity contribution in [3.8, 4) is 0 Å². The summed E-state index contributed by atoms with van der Waals surface area (Å²) >= 11 is 0. The van der Waals surface area contributed by atoms with Gasteiger partial charge in [-0.1, -0.05) is 82.5 Å². The highest BCUT2D eigenvalue weighted by molar-refractivity contribution is 5.17. The average Bonchev–Trinajstić information content (AvgIpc) is 2.69. The molecule has 0 heterocycles. The molecule has 0 aliphatic carbocycles. The highest BCUT2D eigenvalue weighted by Crippen LogP contribution is 2.15. The summed E-state index contributed by atoms with van der Waals surface area (Å²) in [5, 5.41) is 0. The van der Waals surface area contributed by atoms with E-state index in [0.29, 0.717) is 0 Å². The topological polar surface area (TPSA) is 0 Å². The summed E-state index contributed by atoms with van der Waals surface area (Å²) in [5.41, 5.74) is 8.74. The van der Waals surface area contributed by atoms with E-state index in [9.17, 15) is 0 Å². The molecule has 0 saturated carbocycles. The summed E-state index contributed by atoms with van der Waals surface area (Å²) in [5.74, 6) is 0. The second-order valence-corrected chi connectivity index (χ2v) is 9.43. The van der Waals surface area contributed by atoms with Crippen LogP contribution in [0, 0.1) is 0 Å². The Hall–Kier alpha value is -1.82. The second-order valence-electron chi connectivity index (χ2n) is 9.43. The predicted molar refractivity (Wildman–Crippen MR) is 145 cm³/mol. The van der Waals surface area contributed by atoms with E-state index < -0.39 is 0 Å². The summed E-state index contributed by atoms with van der Waals surface area (Å²) < 4.78 is 0. The van der Waals surface area contributed by atoms with Gasteiger partial charge in [-0.2, -0.15) is 0 Å². The Kier molecular flexibility index (Phi) is 17.8. The van der Waals surface area contributed by atoms with Crippen molar-refractivity contribution in [1.29, 1.82) is 0 Å². The molecule has 0 bridgehead atoms. The van der Waals surface area contributed by atoms with Gasteiger partial charge in [0.25, 0.3) is 0 Å². The van der Waals surface area contributed by atoms with Crippen LogP contribution in [0.5, 0.6) is 0 Å². The van der Waals surface area contributed by atoms with Crippen molar-refractivity contribution in [3.63, 3.8) is 0 Å². The van der Waals surface area contributed by atoms with Gasteiger partial charge in [0.1, 0.15) is 0 Å². The van der Waals surface area contributed by atoms with Gasteiger partial charge in [-0.05, 0) is 113 Å². The molecule has 0 heteroatoms. The molecule has 0 aromatic heterocycles. The lowest BCUT2D eigenvalue weighted by atomic mass is 10.0. The molecule has 0 aromatic rings. The van der Waals surface area contributed by atoms with Gasteiger partial charge < -0.3 is 0 Å². The Bertz CT molecular complexity index is 678. The summed E-state index contributed by atoms with van der Waals surface area (Å²) in [6.45, 7) is 19.5. The molecule has 0 spiro atoms. The Morgan fingerprint density at radius 1 is 0.452 bits per heavy atom. The first-order chi connectivity index (χ1) is 14.7. The molecule has 0 unspecified atom stereocenters. The van der Waals surface area contributed by atoms with E-state index in [4.69, 9.17) is 0 Å². The van der Waals surface area contributed by atoms with Gasteiger partial charge in [0.2, 0.25) is 0 Å². The van der Waals surface area contributed by atoms with E-state index in [2.05, 4.69) is 91.5 Å². The Balaban J connectivity index is 4.22. The summed E-state index contributed by atoms with van der Waals surface area (Å²) in [6, 6.07) is 0. The Morgan fingerprint density at radius 3 is 1.23 bits per heavy atom. The summed E-state index contributed by atoms with van der Waals surface area (Å²) in [6.07, 6.45) is 27.8. The van der Waals surface area contributed by atoms with Crippen molar-refractivity contribution in [1.82, 2.24) is 0 Å². The molecule has 0 saturated heterocycles. The van der Waals surface area contributed by atoms with Crippen LogP contribution < -0.4 is 0 Å². The number of unbranched alkanes of at least 4 members (excludes halogenated alkanes) is 1. The fourth-order valence-corrected chi connectivity index (χ4v) is 3.40. The molecule has 0 N–H and O–H groups in total. The van der Waals surface area contributed by atoms with Crippen LogP contribution in [0.15, 0.2) is 82.5 Å². The van der Waals surface area contributed by atoms with Crippen molar-refractivity contribution in [2.75, 3.05) is 0 Å². The minimum Gasteiger partial charge on any atom is -0.0988 e. The van der Waals surface area contributed by atoms with E-state index in [0.717, 1.165) is 38.5 Å². The number of allylic oxidation sites excluding steroid dienone is 13. The molecule has 174 valence electrons. The van der Waals surface area contributed by atoms with Crippen LogP contribution in [-0.2, 0) is 0 Å². The molecule has 0 nitrogen and oxygen atoms in total. The molecule has 31 heavy (non-hydrogen) atoms. The second kappa shape index (κ2) is 18.9. The quantitative estimate of drug-likeness (QED) is 0.132.